The van der Waals surface area contributed by atoms with Crippen LogP contribution in [0, 0.1) is 0 Å². The molecule has 25 heavy (non-hydrogen) atoms. The van der Waals surface area contributed by atoms with Crippen molar-refractivity contribution in [2.75, 3.05) is 11.9 Å². The molecule has 2 fully saturated rings. The van der Waals surface area contributed by atoms with E-state index in [4.69, 9.17) is 23.2 Å². The van der Waals surface area contributed by atoms with Crippen molar-refractivity contribution in [3.63, 3.8) is 0 Å². The first-order valence-electron chi connectivity index (χ1n) is 7.82. The van der Waals surface area contributed by atoms with Gasteiger partial charge in [0.15, 0.2) is 0 Å². The molecular weight excluding hydrogens is 369 g/mol. The number of urea groups is 1. The topological polar surface area (TPSA) is 86.8 Å². The Bertz CT molecular complexity index is 762. The summed E-state index contributed by atoms with van der Waals surface area (Å²) < 4.78 is 0. The lowest BCUT2D eigenvalue weighted by Crippen LogP contribution is -2.41. The number of amides is 5. The van der Waals surface area contributed by atoms with Gasteiger partial charge in [-0.3, -0.25) is 19.3 Å². The van der Waals surface area contributed by atoms with Crippen LogP contribution in [0.5, 0.6) is 0 Å². The molecule has 1 aliphatic carbocycles. The number of anilines is 1. The van der Waals surface area contributed by atoms with Crippen molar-refractivity contribution in [1.82, 2.24) is 9.80 Å². The molecule has 132 valence electrons. The van der Waals surface area contributed by atoms with Crippen molar-refractivity contribution < 1.29 is 19.2 Å². The molecular formula is C16H15Cl2N3O4. The molecule has 1 heterocycles. The molecule has 0 aromatic heterocycles. The van der Waals surface area contributed by atoms with E-state index in [1.54, 1.807) is 6.07 Å². The van der Waals surface area contributed by atoms with E-state index in [1.807, 2.05) is 0 Å². The fourth-order valence-corrected chi connectivity index (χ4v) is 3.53. The number of rotatable bonds is 4. The van der Waals surface area contributed by atoms with Crippen molar-refractivity contribution in [3.05, 3.63) is 28.2 Å². The van der Waals surface area contributed by atoms with Crippen LogP contribution in [-0.4, -0.2) is 46.1 Å². The van der Waals surface area contributed by atoms with E-state index < -0.39 is 30.3 Å². The predicted molar refractivity (Wildman–Crippen MR) is 91.3 cm³/mol. The van der Waals surface area contributed by atoms with Gasteiger partial charge in [-0.15, -0.1) is 0 Å². The molecule has 1 aromatic rings. The van der Waals surface area contributed by atoms with Gasteiger partial charge in [0.25, 0.3) is 0 Å². The molecule has 1 saturated heterocycles. The summed E-state index contributed by atoms with van der Waals surface area (Å²) in [4.78, 5) is 50.4. The molecule has 0 spiro atoms. The summed E-state index contributed by atoms with van der Waals surface area (Å²) in [6.45, 7) is -0.550. The number of imide groups is 2. The zero-order valence-electron chi connectivity index (χ0n) is 13.1. The van der Waals surface area contributed by atoms with Crippen LogP contribution in [-0.2, 0) is 14.4 Å². The van der Waals surface area contributed by atoms with Crippen LogP contribution in [0.3, 0.4) is 0 Å². The van der Waals surface area contributed by atoms with Crippen LogP contribution in [0.4, 0.5) is 10.5 Å². The van der Waals surface area contributed by atoms with Crippen LogP contribution in [0.2, 0.25) is 10.0 Å². The summed E-state index contributed by atoms with van der Waals surface area (Å²) in [7, 11) is 0. The summed E-state index contributed by atoms with van der Waals surface area (Å²) in [6.07, 6.45) is 3.19. The highest BCUT2D eigenvalue weighted by Gasteiger charge is 2.48. The Balaban J connectivity index is 1.69. The van der Waals surface area contributed by atoms with Crippen LogP contribution in [0.15, 0.2) is 18.2 Å². The molecule has 0 unspecified atom stereocenters. The van der Waals surface area contributed by atoms with Crippen molar-refractivity contribution in [3.8, 4) is 0 Å². The van der Waals surface area contributed by atoms with Gasteiger partial charge < -0.3 is 5.32 Å². The first kappa shape index (κ1) is 17.7. The molecule has 1 N–H and O–H groups in total. The SMILES string of the molecule is O=C(CN1C(=O)C(=O)N(C2CCCC2)C1=O)Nc1ccc(Cl)cc1Cl. The fraction of sp³-hybridized carbons (Fsp3) is 0.375. The minimum atomic E-state index is -0.978. The minimum Gasteiger partial charge on any atom is -0.323 e. The third kappa shape index (κ3) is 3.48. The Morgan fingerprint density at radius 1 is 1.12 bits per heavy atom. The van der Waals surface area contributed by atoms with E-state index in [0.29, 0.717) is 28.5 Å². The summed E-state index contributed by atoms with van der Waals surface area (Å²) in [5.41, 5.74) is 0.300. The molecule has 0 atom stereocenters. The highest BCUT2D eigenvalue weighted by atomic mass is 35.5. The second-order valence-corrected chi connectivity index (χ2v) is 6.80. The Morgan fingerprint density at radius 2 is 1.80 bits per heavy atom. The van der Waals surface area contributed by atoms with Crippen LogP contribution in [0.1, 0.15) is 25.7 Å². The van der Waals surface area contributed by atoms with E-state index in [-0.39, 0.29) is 11.1 Å². The highest BCUT2D eigenvalue weighted by Crippen LogP contribution is 2.28. The quantitative estimate of drug-likeness (QED) is 0.639. The average Bonchev–Trinajstić information content (AvgIpc) is 3.14. The average molecular weight is 384 g/mol. The molecule has 9 heteroatoms. The van der Waals surface area contributed by atoms with E-state index in [0.717, 1.165) is 17.7 Å². The van der Waals surface area contributed by atoms with Crippen LogP contribution < -0.4 is 5.32 Å². The van der Waals surface area contributed by atoms with Crippen molar-refractivity contribution in [2.45, 2.75) is 31.7 Å². The van der Waals surface area contributed by atoms with E-state index in [9.17, 15) is 19.2 Å². The molecule has 0 radical (unpaired) electrons. The number of nitrogens with zero attached hydrogens (tertiary/aromatic N) is 2. The highest BCUT2D eigenvalue weighted by molar-refractivity contribution is 6.45. The summed E-state index contributed by atoms with van der Waals surface area (Å²) in [5, 5.41) is 3.13. The second kappa shape index (κ2) is 7.01. The lowest BCUT2D eigenvalue weighted by molar-refractivity contribution is -0.144. The molecule has 1 aliphatic heterocycles. The van der Waals surface area contributed by atoms with Gasteiger partial charge in [-0.25, -0.2) is 9.69 Å². The maximum Gasteiger partial charge on any atom is 0.334 e. The molecule has 2 aliphatic rings. The second-order valence-electron chi connectivity index (χ2n) is 5.96. The smallest absolute Gasteiger partial charge is 0.323 e. The number of hydrogen-bond acceptors (Lipinski definition) is 4. The van der Waals surface area contributed by atoms with Crippen molar-refractivity contribution >= 4 is 52.6 Å². The monoisotopic (exact) mass is 383 g/mol. The zero-order chi connectivity index (χ0) is 18.1. The molecule has 5 amide bonds. The van der Waals surface area contributed by atoms with Gasteiger partial charge in [0.05, 0.1) is 10.7 Å². The number of carbonyl (C=O) groups is 4. The van der Waals surface area contributed by atoms with Crippen molar-refractivity contribution in [1.29, 1.82) is 0 Å². The van der Waals surface area contributed by atoms with Gasteiger partial charge in [-0.05, 0) is 31.0 Å². The number of carbonyl (C=O) groups excluding carboxylic acids is 4. The molecule has 7 nitrogen and oxygen atoms in total. The predicted octanol–water partition coefficient (Wildman–Crippen LogP) is 2.67. The normalized spacial score (nSPS) is 18.4. The number of hydrogen-bond donors (Lipinski definition) is 1. The Hall–Kier alpha value is -2.12. The lowest BCUT2D eigenvalue weighted by Gasteiger charge is -2.20. The summed E-state index contributed by atoms with van der Waals surface area (Å²) >= 11 is 11.8. The first-order valence-corrected chi connectivity index (χ1v) is 8.58. The number of halogens is 2. The maximum absolute atomic E-state index is 12.4. The van der Waals surface area contributed by atoms with E-state index in [2.05, 4.69) is 5.32 Å². The Kier molecular flexibility index (Phi) is 4.96. The van der Waals surface area contributed by atoms with Gasteiger partial charge in [0.2, 0.25) is 5.91 Å². The largest absolute Gasteiger partial charge is 0.334 e. The molecule has 3 rings (SSSR count). The Labute approximate surface area is 153 Å². The lowest BCUT2D eigenvalue weighted by atomic mass is 10.2. The summed E-state index contributed by atoms with van der Waals surface area (Å²) in [5.74, 6) is -2.48. The zero-order valence-corrected chi connectivity index (χ0v) is 14.6. The number of benzene rings is 1. The molecule has 0 bridgehead atoms. The van der Waals surface area contributed by atoms with Crippen LogP contribution >= 0.6 is 23.2 Å². The van der Waals surface area contributed by atoms with E-state index in [1.165, 1.54) is 12.1 Å². The third-order valence-corrected chi connectivity index (χ3v) is 4.83. The van der Waals surface area contributed by atoms with Gasteiger partial charge in [-0.1, -0.05) is 36.0 Å². The minimum absolute atomic E-state index is 0.226. The fourth-order valence-electron chi connectivity index (χ4n) is 3.07. The maximum atomic E-state index is 12.4. The standard InChI is InChI=1S/C16H15Cl2N3O4/c17-9-5-6-12(11(18)7-9)19-13(22)8-20-14(23)15(24)21(16(20)25)10-3-1-2-4-10/h5-7,10H,1-4,8H2,(H,19,22). The Morgan fingerprint density at radius 3 is 2.44 bits per heavy atom. The molecule has 1 aromatic carbocycles. The van der Waals surface area contributed by atoms with Gasteiger partial charge in [-0.2, -0.15) is 0 Å². The van der Waals surface area contributed by atoms with Gasteiger partial charge in [0, 0.05) is 11.1 Å². The number of nitrogens with one attached hydrogen (secondary N) is 1. The van der Waals surface area contributed by atoms with Crippen LogP contribution in [0.25, 0.3) is 0 Å². The van der Waals surface area contributed by atoms with Gasteiger partial charge in [0.1, 0.15) is 6.54 Å². The summed E-state index contributed by atoms with van der Waals surface area (Å²) in [6, 6.07) is 3.50. The van der Waals surface area contributed by atoms with E-state index >= 15 is 0 Å². The van der Waals surface area contributed by atoms with Crippen molar-refractivity contribution in [2.24, 2.45) is 0 Å². The molecule has 1 saturated carbocycles. The third-order valence-electron chi connectivity index (χ3n) is 4.28. The van der Waals surface area contributed by atoms with Gasteiger partial charge >= 0.3 is 17.8 Å². The first-order chi connectivity index (χ1) is 11.9.